The molecule has 1 amide bonds. The predicted octanol–water partition coefficient (Wildman–Crippen LogP) is 7.66. The molecule has 0 saturated heterocycles. The van der Waals surface area contributed by atoms with Crippen LogP contribution < -0.4 is 9.47 Å². The first-order valence-electron chi connectivity index (χ1n) is 12.9. The minimum atomic E-state index is -0.0345. The summed E-state index contributed by atoms with van der Waals surface area (Å²) in [6.45, 7) is 3.82. The van der Waals surface area contributed by atoms with Crippen molar-refractivity contribution in [2.75, 3.05) is 6.61 Å². The van der Waals surface area contributed by atoms with Gasteiger partial charge in [-0.3, -0.25) is 4.79 Å². The summed E-state index contributed by atoms with van der Waals surface area (Å²) >= 11 is 0. The molecule has 0 saturated carbocycles. The summed E-state index contributed by atoms with van der Waals surface area (Å²) in [4.78, 5) is 15.7. The molecule has 0 N–H and O–H groups in total. The molecule has 190 valence electrons. The summed E-state index contributed by atoms with van der Waals surface area (Å²) in [5, 5.41) is 2.29. The lowest BCUT2D eigenvalue weighted by atomic mass is 10.1. The number of benzene rings is 5. The maximum atomic E-state index is 13.8. The van der Waals surface area contributed by atoms with Crippen LogP contribution in [0.4, 0.5) is 0 Å². The van der Waals surface area contributed by atoms with E-state index in [1.54, 1.807) is 0 Å². The van der Waals surface area contributed by atoms with Crippen LogP contribution in [0.5, 0.6) is 11.5 Å². The topological polar surface area (TPSA) is 38.8 Å². The minimum absolute atomic E-state index is 0.0345. The molecule has 4 heteroatoms. The standard InChI is InChI=1S/C34H31NO3/c1-2-37-33-20-18-30(21-31(33)25-38-32-19-17-28-15-9-10-16-29(28)22-32)34(36)35(23-26-11-5-3-6-12-26)24-27-13-7-4-8-14-27/h3-22H,2,23-25H2,1H3. The molecule has 0 aliphatic heterocycles. The zero-order valence-electron chi connectivity index (χ0n) is 21.5. The molecule has 0 atom stereocenters. The van der Waals surface area contributed by atoms with Gasteiger partial charge < -0.3 is 14.4 Å². The van der Waals surface area contributed by atoms with Crippen LogP contribution in [0.3, 0.4) is 0 Å². The van der Waals surface area contributed by atoms with Gasteiger partial charge in [-0.05, 0) is 59.2 Å². The van der Waals surface area contributed by atoms with Gasteiger partial charge in [0.2, 0.25) is 0 Å². The molecule has 0 spiro atoms. The number of hydrogen-bond donors (Lipinski definition) is 0. The third-order valence-electron chi connectivity index (χ3n) is 6.44. The Morgan fingerprint density at radius 3 is 1.95 bits per heavy atom. The SMILES string of the molecule is CCOc1ccc(C(=O)N(Cc2ccccc2)Cc2ccccc2)cc1COc1ccc2ccccc2c1. The monoisotopic (exact) mass is 501 g/mol. The second-order valence-corrected chi connectivity index (χ2v) is 9.19. The number of ether oxygens (including phenoxy) is 2. The lowest BCUT2D eigenvalue weighted by Gasteiger charge is -2.24. The minimum Gasteiger partial charge on any atom is -0.493 e. The number of amides is 1. The fourth-order valence-corrected chi connectivity index (χ4v) is 4.53. The van der Waals surface area contributed by atoms with Gasteiger partial charge in [0.1, 0.15) is 18.1 Å². The number of nitrogens with zero attached hydrogens (tertiary/aromatic N) is 1. The zero-order valence-corrected chi connectivity index (χ0v) is 21.5. The fourth-order valence-electron chi connectivity index (χ4n) is 4.53. The Balaban J connectivity index is 1.40. The highest BCUT2D eigenvalue weighted by Gasteiger charge is 2.19. The Bertz CT molecular complexity index is 1460. The summed E-state index contributed by atoms with van der Waals surface area (Å²) in [6.07, 6.45) is 0. The normalized spacial score (nSPS) is 10.8. The van der Waals surface area contributed by atoms with Gasteiger partial charge >= 0.3 is 0 Å². The molecular formula is C34H31NO3. The van der Waals surface area contributed by atoms with Gasteiger partial charge in [-0.2, -0.15) is 0 Å². The second kappa shape index (κ2) is 12.1. The van der Waals surface area contributed by atoms with Crippen molar-refractivity contribution in [2.24, 2.45) is 0 Å². The van der Waals surface area contributed by atoms with Crippen LogP contribution in [0.2, 0.25) is 0 Å². The molecule has 0 radical (unpaired) electrons. The second-order valence-electron chi connectivity index (χ2n) is 9.19. The highest BCUT2D eigenvalue weighted by Crippen LogP contribution is 2.26. The first kappa shape index (κ1) is 25.1. The van der Waals surface area contributed by atoms with Crippen molar-refractivity contribution < 1.29 is 14.3 Å². The van der Waals surface area contributed by atoms with E-state index >= 15 is 0 Å². The van der Waals surface area contributed by atoms with E-state index in [0.29, 0.717) is 31.9 Å². The highest BCUT2D eigenvalue weighted by molar-refractivity contribution is 5.94. The molecule has 5 rings (SSSR count). The summed E-state index contributed by atoms with van der Waals surface area (Å²) in [5.74, 6) is 1.47. The zero-order chi connectivity index (χ0) is 26.2. The number of rotatable bonds is 10. The van der Waals surface area contributed by atoms with Crippen molar-refractivity contribution in [3.8, 4) is 11.5 Å². The predicted molar refractivity (Wildman–Crippen MR) is 152 cm³/mol. The Hall–Kier alpha value is -4.57. The van der Waals surface area contributed by atoms with Crippen LogP contribution in [0.25, 0.3) is 10.8 Å². The van der Waals surface area contributed by atoms with Gasteiger partial charge in [-0.1, -0.05) is 91.0 Å². The van der Waals surface area contributed by atoms with Gasteiger partial charge in [0.05, 0.1) is 6.61 Å². The van der Waals surface area contributed by atoms with E-state index in [-0.39, 0.29) is 5.91 Å². The number of hydrogen-bond acceptors (Lipinski definition) is 3. The number of carbonyl (C=O) groups excluding carboxylic acids is 1. The molecule has 5 aromatic rings. The molecule has 0 aromatic heterocycles. The average Bonchev–Trinajstić information content (AvgIpc) is 2.97. The van der Waals surface area contributed by atoms with E-state index in [4.69, 9.17) is 9.47 Å². The van der Waals surface area contributed by atoms with Crippen molar-refractivity contribution in [3.63, 3.8) is 0 Å². The first-order valence-corrected chi connectivity index (χ1v) is 12.9. The van der Waals surface area contributed by atoms with Crippen molar-refractivity contribution in [3.05, 3.63) is 144 Å². The van der Waals surface area contributed by atoms with E-state index in [1.807, 2.05) is 115 Å². The molecule has 0 heterocycles. The smallest absolute Gasteiger partial charge is 0.254 e. The third-order valence-corrected chi connectivity index (χ3v) is 6.44. The van der Waals surface area contributed by atoms with Crippen LogP contribution in [-0.2, 0) is 19.7 Å². The van der Waals surface area contributed by atoms with E-state index in [9.17, 15) is 4.79 Å². The van der Waals surface area contributed by atoms with Crippen molar-refractivity contribution in [1.29, 1.82) is 0 Å². The first-order chi connectivity index (χ1) is 18.7. The Labute approximate surface area is 224 Å². The Morgan fingerprint density at radius 1 is 0.658 bits per heavy atom. The molecule has 0 aliphatic carbocycles. The Kier molecular flexibility index (Phi) is 8.00. The Morgan fingerprint density at radius 2 is 1.29 bits per heavy atom. The van der Waals surface area contributed by atoms with Crippen molar-refractivity contribution in [2.45, 2.75) is 26.6 Å². The number of carbonyl (C=O) groups is 1. The molecule has 0 fully saturated rings. The van der Waals surface area contributed by atoms with Crippen LogP contribution in [0.15, 0.2) is 121 Å². The molecule has 0 unspecified atom stereocenters. The molecule has 4 nitrogen and oxygen atoms in total. The lowest BCUT2D eigenvalue weighted by molar-refractivity contribution is 0.0729. The van der Waals surface area contributed by atoms with E-state index in [0.717, 1.165) is 33.6 Å². The quantitative estimate of drug-likeness (QED) is 0.197. The van der Waals surface area contributed by atoms with Crippen molar-refractivity contribution >= 4 is 16.7 Å². The van der Waals surface area contributed by atoms with Crippen molar-refractivity contribution in [1.82, 2.24) is 4.90 Å². The van der Waals surface area contributed by atoms with Crippen LogP contribution in [-0.4, -0.2) is 17.4 Å². The maximum Gasteiger partial charge on any atom is 0.254 e. The van der Waals surface area contributed by atoms with E-state index < -0.39 is 0 Å². The van der Waals surface area contributed by atoms with E-state index in [1.165, 1.54) is 5.39 Å². The van der Waals surface area contributed by atoms with Crippen LogP contribution >= 0.6 is 0 Å². The van der Waals surface area contributed by atoms with Crippen LogP contribution in [0.1, 0.15) is 34.0 Å². The highest BCUT2D eigenvalue weighted by atomic mass is 16.5. The molecule has 38 heavy (non-hydrogen) atoms. The molecule has 5 aromatic carbocycles. The summed E-state index contributed by atoms with van der Waals surface area (Å²) in [5.41, 5.74) is 3.62. The number of fused-ring (bicyclic) bond motifs is 1. The molecule has 0 aliphatic rings. The van der Waals surface area contributed by atoms with Gasteiger partial charge in [-0.15, -0.1) is 0 Å². The summed E-state index contributed by atoms with van der Waals surface area (Å²) in [7, 11) is 0. The summed E-state index contributed by atoms with van der Waals surface area (Å²) < 4.78 is 12.0. The fraction of sp³-hybridized carbons (Fsp3) is 0.147. The largest absolute Gasteiger partial charge is 0.493 e. The van der Waals surface area contributed by atoms with Gasteiger partial charge in [0.15, 0.2) is 0 Å². The maximum absolute atomic E-state index is 13.8. The van der Waals surface area contributed by atoms with Crippen LogP contribution in [0, 0.1) is 0 Å². The lowest BCUT2D eigenvalue weighted by Crippen LogP contribution is -2.30. The third kappa shape index (κ3) is 6.22. The van der Waals surface area contributed by atoms with Gasteiger partial charge in [-0.25, -0.2) is 0 Å². The van der Waals surface area contributed by atoms with Gasteiger partial charge in [0.25, 0.3) is 5.91 Å². The van der Waals surface area contributed by atoms with E-state index in [2.05, 4.69) is 18.2 Å². The molecule has 0 bridgehead atoms. The molecular weight excluding hydrogens is 470 g/mol. The van der Waals surface area contributed by atoms with Gasteiger partial charge in [0, 0.05) is 24.2 Å². The average molecular weight is 502 g/mol. The summed E-state index contributed by atoms with van der Waals surface area (Å²) in [6, 6.07) is 40.0.